The van der Waals surface area contributed by atoms with Gasteiger partial charge in [-0.2, -0.15) is 0 Å². The Morgan fingerprint density at radius 1 is 0.852 bits per heavy atom. The number of nitrogens with zero attached hydrogens (tertiary/aromatic N) is 2. The number of H-pyrrole nitrogens is 1. The molecule has 0 atom stereocenters. The predicted octanol–water partition coefficient (Wildman–Crippen LogP) is 4.10. The maximum absolute atomic E-state index is 5.24. The van der Waals surface area contributed by atoms with Crippen molar-refractivity contribution in [2.45, 2.75) is 6.54 Å². The van der Waals surface area contributed by atoms with Crippen LogP contribution in [0.25, 0.3) is 22.4 Å². The molecule has 0 aliphatic carbocycles. The van der Waals surface area contributed by atoms with Crippen LogP contribution < -0.4 is 4.74 Å². The van der Waals surface area contributed by atoms with E-state index in [0.29, 0.717) is 0 Å². The van der Waals surface area contributed by atoms with Gasteiger partial charge >= 0.3 is 0 Å². The average molecular weight is 361 g/mol. The third-order valence-corrected chi connectivity index (χ3v) is 5.37. The fourth-order valence-electron chi connectivity index (χ4n) is 3.57. The zero-order chi connectivity index (χ0) is 18.6. The summed E-state index contributed by atoms with van der Waals surface area (Å²) < 4.78 is 5.24. The normalized spacial score (nSPS) is 15.8. The number of aromatic amines is 1. The van der Waals surface area contributed by atoms with Crippen LogP contribution in [0.15, 0.2) is 60.8 Å². The molecule has 0 unspecified atom stereocenters. The van der Waals surface area contributed by atoms with Gasteiger partial charge in [-0.3, -0.25) is 4.90 Å². The molecule has 4 rings (SSSR count). The number of ether oxygens (including phenoxy) is 1. The van der Waals surface area contributed by atoms with Gasteiger partial charge in [-0.25, -0.2) is 0 Å². The molecule has 0 amide bonds. The molecular formula is C23H27N3O. The van der Waals surface area contributed by atoms with Gasteiger partial charge in [-0.15, -0.1) is 0 Å². The molecule has 0 radical (unpaired) electrons. The van der Waals surface area contributed by atoms with E-state index in [0.717, 1.165) is 44.2 Å². The highest BCUT2D eigenvalue weighted by molar-refractivity contribution is 5.71. The minimum Gasteiger partial charge on any atom is -0.497 e. The van der Waals surface area contributed by atoms with Crippen molar-refractivity contribution in [3.63, 3.8) is 0 Å². The predicted molar refractivity (Wildman–Crippen MR) is 111 cm³/mol. The molecule has 1 aliphatic rings. The van der Waals surface area contributed by atoms with Gasteiger partial charge in [-0.1, -0.05) is 36.4 Å². The molecule has 1 saturated heterocycles. The summed E-state index contributed by atoms with van der Waals surface area (Å²) in [4.78, 5) is 8.33. The highest BCUT2D eigenvalue weighted by Crippen LogP contribution is 2.27. The first-order chi connectivity index (χ1) is 13.2. The van der Waals surface area contributed by atoms with E-state index in [9.17, 15) is 0 Å². The van der Waals surface area contributed by atoms with Crippen LogP contribution in [0.5, 0.6) is 5.75 Å². The zero-order valence-corrected chi connectivity index (χ0v) is 16.1. The van der Waals surface area contributed by atoms with Crippen LogP contribution in [-0.4, -0.2) is 55.1 Å². The molecule has 1 aliphatic heterocycles. The lowest BCUT2D eigenvalue weighted by Gasteiger charge is -2.32. The molecule has 0 spiro atoms. The average Bonchev–Trinajstić information content (AvgIpc) is 3.21. The number of hydrogen-bond donors (Lipinski definition) is 1. The van der Waals surface area contributed by atoms with E-state index in [-0.39, 0.29) is 0 Å². The first-order valence-corrected chi connectivity index (χ1v) is 9.54. The maximum Gasteiger partial charge on any atom is 0.118 e. The molecule has 0 saturated carbocycles. The van der Waals surface area contributed by atoms with Gasteiger partial charge < -0.3 is 14.6 Å². The summed E-state index contributed by atoms with van der Waals surface area (Å²) in [5.74, 6) is 0.880. The number of benzene rings is 2. The van der Waals surface area contributed by atoms with E-state index in [1.807, 2.05) is 12.1 Å². The minimum atomic E-state index is 0.880. The van der Waals surface area contributed by atoms with Gasteiger partial charge in [0.05, 0.1) is 7.11 Å². The number of rotatable bonds is 5. The quantitative estimate of drug-likeness (QED) is 0.742. The lowest BCUT2D eigenvalue weighted by Crippen LogP contribution is -2.43. The van der Waals surface area contributed by atoms with Crippen molar-refractivity contribution in [1.82, 2.24) is 14.8 Å². The lowest BCUT2D eigenvalue weighted by molar-refractivity contribution is 0.148. The first kappa shape index (κ1) is 17.8. The van der Waals surface area contributed by atoms with Crippen molar-refractivity contribution >= 4 is 0 Å². The number of methoxy groups -OCH3 is 1. The highest BCUT2D eigenvalue weighted by Gasteiger charge is 2.13. The molecule has 1 fully saturated rings. The number of nitrogens with one attached hydrogen (secondary N) is 1. The van der Waals surface area contributed by atoms with Crippen molar-refractivity contribution in [2.75, 3.05) is 40.3 Å². The Morgan fingerprint density at radius 3 is 2.19 bits per heavy atom. The van der Waals surface area contributed by atoms with E-state index < -0.39 is 0 Å². The fourth-order valence-corrected chi connectivity index (χ4v) is 3.57. The molecule has 27 heavy (non-hydrogen) atoms. The highest BCUT2D eigenvalue weighted by atomic mass is 16.5. The second-order valence-electron chi connectivity index (χ2n) is 7.31. The molecule has 1 N–H and O–H groups in total. The van der Waals surface area contributed by atoms with E-state index in [2.05, 4.69) is 70.5 Å². The zero-order valence-electron chi connectivity index (χ0n) is 16.1. The lowest BCUT2D eigenvalue weighted by atomic mass is 10.1. The van der Waals surface area contributed by atoms with Crippen molar-refractivity contribution in [3.05, 3.63) is 66.4 Å². The standard InChI is InChI=1S/C23H27N3O/c1-25-11-13-26(14-12-25)17-18-3-5-20(6-4-18)23-15-21(16-24-23)19-7-9-22(27-2)10-8-19/h3-10,15-16,24H,11-14,17H2,1-2H3. The van der Waals surface area contributed by atoms with Crippen molar-refractivity contribution < 1.29 is 4.74 Å². The number of likely N-dealkylation sites (N-methyl/N-ethyl adjacent to an activating group) is 1. The minimum absolute atomic E-state index is 0.880. The Labute approximate surface area is 161 Å². The second-order valence-corrected chi connectivity index (χ2v) is 7.31. The SMILES string of the molecule is COc1ccc(-c2c[nH]c(-c3ccc(CN4CCN(C)CC4)cc3)c2)cc1. The summed E-state index contributed by atoms with van der Waals surface area (Å²) >= 11 is 0. The largest absolute Gasteiger partial charge is 0.497 e. The van der Waals surface area contributed by atoms with Crippen LogP contribution in [0.2, 0.25) is 0 Å². The van der Waals surface area contributed by atoms with Gasteiger partial charge in [-0.05, 0) is 47.5 Å². The van der Waals surface area contributed by atoms with Crippen LogP contribution >= 0.6 is 0 Å². The van der Waals surface area contributed by atoms with Crippen LogP contribution in [0.3, 0.4) is 0 Å². The Kier molecular flexibility index (Phi) is 5.28. The molecule has 2 aromatic carbocycles. The number of hydrogen-bond acceptors (Lipinski definition) is 3. The summed E-state index contributed by atoms with van der Waals surface area (Å²) in [6, 6.07) is 19.3. The molecule has 0 bridgehead atoms. The monoisotopic (exact) mass is 361 g/mol. The van der Waals surface area contributed by atoms with E-state index >= 15 is 0 Å². The second kappa shape index (κ2) is 7.99. The van der Waals surface area contributed by atoms with Gasteiger partial charge in [0, 0.05) is 44.6 Å². The smallest absolute Gasteiger partial charge is 0.118 e. The third kappa shape index (κ3) is 4.24. The fraction of sp³-hybridized carbons (Fsp3) is 0.304. The summed E-state index contributed by atoms with van der Waals surface area (Å²) in [6.45, 7) is 5.67. The van der Waals surface area contributed by atoms with Crippen molar-refractivity contribution in [3.8, 4) is 28.1 Å². The van der Waals surface area contributed by atoms with Crippen LogP contribution in [0, 0.1) is 0 Å². The molecule has 1 aromatic heterocycles. The topological polar surface area (TPSA) is 31.5 Å². The maximum atomic E-state index is 5.24. The Bertz CT molecular complexity index is 859. The van der Waals surface area contributed by atoms with Crippen molar-refractivity contribution in [1.29, 1.82) is 0 Å². The Morgan fingerprint density at radius 2 is 1.52 bits per heavy atom. The summed E-state index contributed by atoms with van der Waals surface area (Å²) in [7, 11) is 3.89. The molecule has 140 valence electrons. The Hall–Kier alpha value is -2.56. The molecule has 3 aromatic rings. The first-order valence-electron chi connectivity index (χ1n) is 9.54. The summed E-state index contributed by atoms with van der Waals surface area (Å²) in [5, 5.41) is 0. The van der Waals surface area contributed by atoms with Gasteiger partial charge in [0.1, 0.15) is 5.75 Å². The van der Waals surface area contributed by atoms with E-state index in [1.54, 1.807) is 7.11 Å². The molecule has 4 heteroatoms. The van der Waals surface area contributed by atoms with Crippen LogP contribution in [0.4, 0.5) is 0 Å². The van der Waals surface area contributed by atoms with E-state index in [1.165, 1.54) is 22.3 Å². The van der Waals surface area contributed by atoms with Gasteiger partial charge in [0.2, 0.25) is 0 Å². The van der Waals surface area contributed by atoms with Crippen LogP contribution in [-0.2, 0) is 6.54 Å². The Balaban J connectivity index is 1.43. The van der Waals surface area contributed by atoms with Gasteiger partial charge in [0.15, 0.2) is 0 Å². The molecule has 4 nitrogen and oxygen atoms in total. The van der Waals surface area contributed by atoms with Crippen LogP contribution in [0.1, 0.15) is 5.56 Å². The van der Waals surface area contributed by atoms with Gasteiger partial charge in [0.25, 0.3) is 0 Å². The number of piperazine rings is 1. The summed E-state index contributed by atoms with van der Waals surface area (Å²) in [5.41, 5.74) is 6.12. The van der Waals surface area contributed by atoms with Crippen molar-refractivity contribution in [2.24, 2.45) is 0 Å². The third-order valence-electron chi connectivity index (χ3n) is 5.37. The van der Waals surface area contributed by atoms with E-state index in [4.69, 9.17) is 4.74 Å². The number of aromatic nitrogens is 1. The molecule has 2 heterocycles. The summed E-state index contributed by atoms with van der Waals surface area (Å²) in [6.07, 6.45) is 2.06. The molecular weight excluding hydrogens is 334 g/mol.